The Morgan fingerprint density at radius 3 is 2.14 bits per heavy atom. The minimum Gasteiger partial charge on any atom is -0.449 e. The second-order valence-corrected chi connectivity index (χ2v) is 8.53. The molecule has 1 aliphatic heterocycles. The van der Waals surface area contributed by atoms with Crippen molar-refractivity contribution in [3.05, 3.63) is 101 Å². The van der Waals surface area contributed by atoms with Gasteiger partial charge in [0.25, 0.3) is 0 Å². The van der Waals surface area contributed by atoms with Gasteiger partial charge < -0.3 is 14.5 Å². The lowest BCUT2D eigenvalue weighted by Crippen LogP contribution is -2.46. The topological polar surface area (TPSA) is 67.7 Å². The molecule has 5 rings (SSSR count). The summed E-state index contributed by atoms with van der Waals surface area (Å²) in [5.41, 5.74) is 4.23. The van der Waals surface area contributed by atoms with Gasteiger partial charge in [0.05, 0.1) is 11.9 Å². The second kappa shape index (κ2) is 9.85. The van der Waals surface area contributed by atoms with Gasteiger partial charge in [0.15, 0.2) is 0 Å². The number of piperazine rings is 1. The zero-order valence-electron chi connectivity index (χ0n) is 19.5. The molecule has 0 radical (unpaired) electrons. The lowest BCUT2D eigenvalue weighted by Gasteiger charge is -2.34. The second-order valence-electron chi connectivity index (χ2n) is 8.53. The Morgan fingerprint density at radius 1 is 0.829 bits per heavy atom. The predicted octanol–water partition coefficient (Wildman–Crippen LogP) is 4.28. The van der Waals surface area contributed by atoms with Gasteiger partial charge >= 0.3 is 5.56 Å². The molecule has 35 heavy (non-hydrogen) atoms. The maximum atomic E-state index is 13.6. The monoisotopic (exact) mass is 466 g/mol. The number of benzene rings is 3. The fourth-order valence-electron chi connectivity index (χ4n) is 4.15. The highest BCUT2D eigenvalue weighted by Gasteiger charge is 2.23. The molecule has 1 saturated heterocycles. The van der Waals surface area contributed by atoms with Crippen LogP contribution in [0.2, 0.25) is 0 Å². The minimum atomic E-state index is -0.337. The Bertz CT molecular complexity index is 1360. The van der Waals surface area contributed by atoms with E-state index in [1.807, 2.05) is 78.6 Å². The number of rotatable bonds is 6. The summed E-state index contributed by atoms with van der Waals surface area (Å²) in [6.45, 7) is 4.34. The predicted molar refractivity (Wildman–Crippen MR) is 136 cm³/mol. The average Bonchev–Trinajstić information content (AvgIpc) is 2.91. The van der Waals surface area contributed by atoms with Crippen LogP contribution in [0.4, 0.5) is 5.69 Å². The van der Waals surface area contributed by atoms with Gasteiger partial charge in [0.2, 0.25) is 12.2 Å². The highest BCUT2D eigenvalue weighted by molar-refractivity contribution is 5.65. The van der Waals surface area contributed by atoms with Gasteiger partial charge in [-0.15, -0.1) is 0 Å². The van der Waals surface area contributed by atoms with Crippen molar-refractivity contribution in [1.29, 1.82) is 0 Å². The van der Waals surface area contributed by atoms with Crippen LogP contribution in [-0.4, -0.2) is 47.3 Å². The molecule has 0 N–H and O–H groups in total. The van der Waals surface area contributed by atoms with Crippen LogP contribution in [0.25, 0.3) is 16.8 Å². The summed E-state index contributed by atoms with van der Waals surface area (Å²) in [5.74, 6) is 0.781. The Hall–Kier alpha value is -4.39. The highest BCUT2D eigenvalue weighted by Crippen LogP contribution is 2.31. The van der Waals surface area contributed by atoms with E-state index in [1.54, 1.807) is 11.1 Å². The van der Waals surface area contributed by atoms with Crippen LogP contribution in [0.3, 0.4) is 0 Å². The quantitative estimate of drug-likeness (QED) is 0.397. The number of hydrogen-bond donors (Lipinski definition) is 0. The van der Waals surface area contributed by atoms with Gasteiger partial charge in [-0.25, -0.2) is 0 Å². The Morgan fingerprint density at radius 2 is 1.49 bits per heavy atom. The van der Waals surface area contributed by atoms with Crippen molar-refractivity contribution >= 4 is 12.1 Å². The first-order valence-electron chi connectivity index (χ1n) is 11.6. The molecule has 0 spiro atoms. The third-order valence-electron chi connectivity index (χ3n) is 6.18. The molecule has 7 heteroatoms. The van der Waals surface area contributed by atoms with E-state index in [0.717, 1.165) is 23.1 Å². The third kappa shape index (κ3) is 4.80. The SMILES string of the molecule is Cc1ccc(-n2ncc(N3CCN(C=O)CC3)c(Oc3ccc(-c4ccccc4)cc3)c2=O)cc1. The number of carbonyl (C=O) groups is 1. The molecule has 0 atom stereocenters. The first-order valence-corrected chi connectivity index (χ1v) is 11.6. The fraction of sp³-hybridized carbons (Fsp3) is 0.179. The molecule has 0 aliphatic carbocycles. The van der Waals surface area contributed by atoms with E-state index in [0.29, 0.717) is 43.3 Å². The zero-order chi connectivity index (χ0) is 24.2. The largest absolute Gasteiger partial charge is 0.449 e. The molecular weight excluding hydrogens is 440 g/mol. The third-order valence-corrected chi connectivity index (χ3v) is 6.18. The van der Waals surface area contributed by atoms with Crippen LogP contribution < -0.4 is 15.2 Å². The van der Waals surface area contributed by atoms with Gasteiger partial charge in [-0.1, -0.05) is 60.2 Å². The van der Waals surface area contributed by atoms with Crippen LogP contribution in [0, 0.1) is 6.92 Å². The molecule has 0 bridgehead atoms. The maximum Gasteiger partial charge on any atom is 0.316 e. The number of ether oxygens (including phenoxy) is 1. The molecular formula is C28H26N4O3. The lowest BCUT2D eigenvalue weighted by atomic mass is 10.1. The van der Waals surface area contributed by atoms with Crippen LogP contribution in [0.15, 0.2) is 89.9 Å². The number of hydrogen-bond acceptors (Lipinski definition) is 5. The zero-order valence-corrected chi connectivity index (χ0v) is 19.5. The Balaban J connectivity index is 1.51. The van der Waals surface area contributed by atoms with E-state index in [9.17, 15) is 9.59 Å². The van der Waals surface area contributed by atoms with Gasteiger partial charge in [-0.3, -0.25) is 9.59 Å². The first kappa shape index (κ1) is 22.4. The van der Waals surface area contributed by atoms with Gasteiger partial charge in [-0.2, -0.15) is 9.78 Å². The van der Waals surface area contributed by atoms with Crippen molar-refractivity contribution < 1.29 is 9.53 Å². The molecule has 0 unspecified atom stereocenters. The van der Waals surface area contributed by atoms with E-state index in [4.69, 9.17) is 4.74 Å². The molecule has 1 aromatic heterocycles. The highest BCUT2D eigenvalue weighted by atomic mass is 16.5. The molecule has 176 valence electrons. The van der Waals surface area contributed by atoms with E-state index in [1.165, 1.54) is 4.68 Å². The lowest BCUT2D eigenvalue weighted by molar-refractivity contribution is -0.118. The summed E-state index contributed by atoms with van der Waals surface area (Å²) in [6.07, 6.45) is 2.53. The van der Waals surface area contributed by atoms with Crippen LogP contribution >= 0.6 is 0 Å². The summed E-state index contributed by atoms with van der Waals surface area (Å²) < 4.78 is 7.58. The number of aryl methyl sites for hydroxylation is 1. The Labute approximate surface area is 203 Å². The standard InChI is InChI=1S/C28H26N4O3/c1-21-7-11-24(12-8-21)32-28(34)27(26(19-29-32)31-17-15-30(20-33)16-18-31)35-25-13-9-23(10-14-25)22-5-3-2-4-6-22/h2-14,19-20H,15-18H2,1H3. The molecule has 0 saturated carbocycles. The smallest absolute Gasteiger partial charge is 0.316 e. The van der Waals surface area contributed by atoms with E-state index in [2.05, 4.69) is 17.2 Å². The number of anilines is 1. The van der Waals surface area contributed by atoms with Crippen molar-refractivity contribution in [2.75, 3.05) is 31.1 Å². The van der Waals surface area contributed by atoms with Gasteiger partial charge in [0, 0.05) is 26.2 Å². The van der Waals surface area contributed by atoms with Crippen LogP contribution in [0.5, 0.6) is 11.5 Å². The molecule has 4 aromatic rings. The molecule has 1 amide bonds. The van der Waals surface area contributed by atoms with Gasteiger partial charge in [0.1, 0.15) is 11.4 Å². The summed E-state index contributed by atoms with van der Waals surface area (Å²) >= 11 is 0. The van der Waals surface area contributed by atoms with E-state index < -0.39 is 0 Å². The molecule has 1 aliphatic rings. The van der Waals surface area contributed by atoms with E-state index >= 15 is 0 Å². The summed E-state index contributed by atoms with van der Waals surface area (Å²) in [5, 5.41) is 4.45. The van der Waals surface area contributed by atoms with Crippen molar-refractivity contribution in [2.45, 2.75) is 6.92 Å². The normalized spacial score (nSPS) is 13.5. The summed E-state index contributed by atoms with van der Waals surface area (Å²) in [6, 6.07) is 25.4. The average molecular weight is 467 g/mol. The van der Waals surface area contributed by atoms with Crippen molar-refractivity contribution in [3.8, 4) is 28.3 Å². The van der Waals surface area contributed by atoms with Crippen molar-refractivity contribution in [1.82, 2.24) is 14.7 Å². The first-order chi connectivity index (χ1) is 17.1. The van der Waals surface area contributed by atoms with Crippen LogP contribution in [-0.2, 0) is 4.79 Å². The summed E-state index contributed by atoms with van der Waals surface area (Å²) in [7, 11) is 0. The number of carbonyl (C=O) groups excluding carboxylic acids is 1. The molecule has 2 heterocycles. The van der Waals surface area contributed by atoms with Crippen LogP contribution in [0.1, 0.15) is 5.56 Å². The van der Waals surface area contributed by atoms with Crippen molar-refractivity contribution in [2.24, 2.45) is 0 Å². The Kier molecular flexibility index (Phi) is 6.30. The molecule has 1 fully saturated rings. The summed E-state index contributed by atoms with van der Waals surface area (Å²) in [4.78, 5) is 28.5. The maximum absolute atomic E-state index is 13.6. The molecule has 7 nitrogen and oxygen atoms in total. The number of amides is 1. The number of aromatic nitrogens is 2. The fourth-order valence-corrected chi connectivity index (χ4v) is 4.15. The van der Waals surface area contributed by atoms with Gasteiger partial charge in [-0.05, 0) is 42.3 Å². The van der Waals surface area contributed by atoms with E-state index in [-0.39, 0.29) is 11.3 Å². The number of nitrogens with zero attached hydrogens (tertiary/aromatic N) is 4. The molecule has 3 aromatic carbocycles. The van der Waals surface area contributed by atoms with Crippen molar-refractivity contribution in [3.63, 3.8) is 0 Å². The minimum absolute atomic E-state index is 0.215.